The van der Waals surface area contributed by atoms with Gasteiger partial charge in [-0.25, -0.2) is 19.2 Å². The van der Waals surface area contributed by atoms with Crippen LogP contribution in [0.1, 0.15) is 145 Å². The maximum atomic E-state index is 13.8. The topological polar surface area (TPSA) is 292 Å². The van der Waals surface area contributed by atoms with Crippen LogP contribution in [0.4, 0.5) is 9.59 Å². The van der Waals surface area contributed by atoms with Crippen molar-refractivity contribution in [3.63, 3.8) is 0 Å². The second-order valence-corrected chi connectivity index (χ2v) is 23.7. The van der Waals surface area contributed by atoms with E-state index in [1.54, 1.807) is 55.4 Å². The lowest BCUT2D eigenvalue weighted by Crippen LogP contribution is -2.56. The Morgan fingerprint density at radius 2 is 1.09 bits per heavy atom. The number of hydrogen-bond donors (Lipinski definition) is 5. The second kappa shape index (κ2) is 25.0. The number of allylic oxidation sites excluding steroid dienone is 2. The van der Waals surface area contributed by atoms with Gasteiger partial charge in [-0.1, -0.05) is 50.0 Å². The molecule has 0 aromatic rings. The Morgan fingerprint density at radius 3 is 1.50 bits per heavy atom. The highest BCUT2D eigenvalue weighted by Crippen LogP contribution is 2.47. The molecular formula is C51H80N6O16S. The first-order valence-corrected chi connectivity index (χ1v) is 27.9. The van der Waals surface area contributed by atoms with E-state index < -0.39 is 117 Å². The lowest BCUT2D eigenvalue weighted by Gasteiger charge is -2.30. The van der Waals surface area contributed by atoms with Crippen molar-refractivity contribution >= 4 is 57.9 Å². The van der Waals surface area contributed by atoms with Crippen molar-refractivity contribution < 1.29 is 75.0 Å². The molecule has 74 heavy (non-hydrogen) atoms. The maximum Gasteiger partial charge on any atom is 0.408 e. The lowest BCUT2D eigenvalue weighted by molar-refractivity contribution is -0.150. The van der Waals surface area contributed by atoms with Crippen LogP contribution in [-0.2, 0) is 62.0 Å². The molecule has 0 aromatic heterocycles. The van der Waals surface area contributed by atoms with Crippen LogP contribution in [0.25, 0.3) is 0 Å². The minimum Gasteiger partial charge on any atom is -0.464 e. The molecule has 10 atom stereocenters. The van der Waals surface area contributed by atoms with Gasteiger partial charge in [0.2, 0.25) is 23.6 Å². The molecule has 2 saturated heterocycles. The summed E-state index contributed by atoms with van der Waals surface area (Å²) in [4.78, 5) is 107. The quantitative estimate of drug-likeness (QED) is 0.100. The van der Waals surface area contributed by atoms with E-state index in [1.807, 2.05) is 24.3 Å². The highest BCUT2D eigenvalue weighted by Gasteiger charge is 2.63. The van der Waals surface area contributed by atoms with Crippen molar-refractivity contribution in [2.75, 3.05) is 32.6 Å². The van der Waals surface area contributed by atoms with E-state index in [0.717, 1.165) is 44.8 Å². The fraction of sp³-hybridized carbons (Fsp3) is 0.765. The molecule has 4 fully saturated rings. The zero-order chi connectivity index (χ0) is 54.8. The van der Waals surface area contributed by atoms with Crippen LogP contribution in [0, 0.1) is 11.8 Å². The molecule has 22 nitrogen and oxygen atoms in total. The highest BCUT2D eigenvalue weighted by atomic mass is 32.2. The van der Waals surface area contributed by atoms with E-state index in [2.05, 4.69) is 21.3 Å². The normalized spacial score (nSPS) is 31.9. The Morgan fingerprint density at radius 1 is 0.676 bits per heavy atom. The molecule has 6 amide bonds. The number of ether oxygens (including phenoxy) is 4. The van der Waals surface area contributed by atoms with Gasteiger partial charge in [-0.15, -0.1) is 0 Å². The summed E-state index contributed by atoms with van der Waals surface area (Å²) >= 11 is 0. The number of carbonyl (C=O) groups excluding carboxylic acids is 8. The zero-order valence-electron chi connectivity index (χ0n) is 44.5. The summed E-state index contributed by atoms with van der Waals surface area (Å²) in [6.07, 6.45) is 13.1. The van der Waals surface area contributed by atoms with E-state index in [-0.39, 0.29) is 51.0 Å². The number of aliphatic hydroxyl groups is 1. The van der Waals surface area contributed by atoms with Crippen LogP contribution in [0.15, 0.2) is 24.3 Å². The summed E-state index contributed by atoms with van der Waals surface area (Å²) in [6.45, 7) is 13.8. The second-order valence-electron chi connectivity index (χ2n) is 22.1. The molecule has 4 heterocycles. The molecule has 0 aromatic carbocycles. The first-order chi connectivity index (χ1) is 34.6. The molecule has 0 unspecified atom stereocenters. The molecule has 0 spiro atoms. The molecule has 2 saturated carbocycles. The van der Waals surface area contributed by atoms with E-state index >= 15 is 0 Å². The van der Waals surface area contributed by atoms with Gasteiger partial charge in [-0.2, -0.15) is 8.42 Å². The smallest absolute Gasteiger partial charge is 0.408 e. The molecule has 5 N–H and O–H groups in total. The number of hydrogen-bond acceptors (Lipinski definition) is 16. The molecular weight excluding hydrogens is 985 g/mol. The van der Waals surface area contributed by atoms with Crippen molar-refractivity contribution in [1.82, 2.24) is 31.1 Å². The summed E-state index contributed by atoms with van der Waals surface area (Å²) in [5.74, 6) is -3.59. The largest absolute Gasteiger partial charge is 0.464 e. The predicted molar refractivity (Wildman–Crippen MR) is 268 cm³/mol. The van der Waals surface area contributed by atoms with Gasteiger partial charge in [0.25, 0.3) is 10.1 Å². The third-order valence-electron chi connectivity index (χ3n) is 13.5. The van der Waals surface area contributed by atoms with Gasteiger partial charge in [-0.05, 0) is 107 Å². The van der Waals surface area contributed by atoms with Crippen LogP contribution in [0.3, 0.4) is 0 Å². The van der Waals surface area contributed by atoms with Crippen LogP contribution >= 0.6 is 0 Å². The number of esters is 2. The van der Waals surface area contributed by atoms with E-state index in [0.29, 0.717) is 38.5 Å². The highest BCUT2D eigenvalue weighted by molar-refractivity contribution is 7.86. The molecule has 6 rings (SSSR count). The Bertz CT molecular complexity index is 2240. The van der Waals surface area contributed by atoms with Crippen molar-refractivity contribution in [2.24, 2.45) is 11.8 Å². The number of aliphatic hydroxyl groups excluding tert-OH is 1. The summed E-state index contributed by atoms with van der Waals surface area (Å²) in [7, 11) is -3.87. The number of nitrogens with one attached hydrogen (secondary N) is 4. The Kier molecular flexibility index (Phi) is 20.2. The van der Waals surface area contributed by atoms with Crippen molar-refractivity contribution in [3.05, 3.63) is 24.3 Å². The van der Waals surface area contributed by atoms with Crippen LogP contribution < -0.4 is 21.3 Å². The van der Waals surface area contributed by atoms with E-state index in [1.165, 1.54) is 9.80 Å². The minimum atomic E-state index is -3.87. The summed E-state index contributed by atoms with van der Waals surface area (Å²) in [5.41, 5.74) is -3.91. The number of alkyl carbamates (subject to hydrolysis) is 2. The van der Waals surface area contributed by atoms with E-state index in [9.17, 15) is 51.9 Å². The lowest BCUT2D eigenvalue weighted by atomic mass is 10.0. The van der Waals surface area contributed by atoms with Gasteiger partial charge in [0.15, 0.2) is 0 Å². The average molecular weight is 1070 g/mol. The Hall–Kier alpha value is -5.29. The summed E-state index contributed by atoms with van der Waals surface area (Å²) in [5, 5.41) is 21.3. The molecule has 6 aliphatic rings. The predicted octanol–water partition coefficient (Wildman–Crippen LogP) is 3.58. The van der Waals surface area contributed by atoms with Crippen LogP contribution in [0.5, 0.6) is 0 Å². The van der Waals surface area contributed by atoms with Gasteiger partial charge in [0.05, 0.1) is 31.7 Å². The van der Waals surface area contributed by atoms with Gasteiger partial charge in [0.1, 0.15) is 46.4 Å². The number of carbonyl (C=O) groups is 8. The molecule has 416 valence electrons. The van der Waals surface area contributed by atoms with E-state index in [4.69, 9.17) is 23.1 Å². The summed E-state index contributed by atoms with van der Waals surface area (Å²) in [6, 6.07) is -3.96. The molecule has 4 aliphatic heterocycles. The van der Waals surface area contributed by atoms with Gasteiger partial charge in [0, 0.05) is 37.8 Å². The van der Waals surface area contributed by atoms with Crippen molar-refractivity contribution in [3.8, 4) is 0 Å². The fourth-order valence-corrected chi connectivity index (χ4v) is 10.5. The number of fused-ring (bicyclic) bond motifs is 4. The first-order valence-electron chi connectivity index (χ1n) is 26.1. The number of amides is 6. The number of nitrogens with zero attached hydrogens (tertiary/aromatic N) is 2. The molecule has 2 aliphatic carbocycles. The summed E-state index contributed by atoms with van der Waals surface area (Å²) < 4.78 is 50.0. The molecule has 0 bridgehead atoms. The molecule has 23 heteroatoms. The Balaban J connectivity index is 0.000000276. The van der Waals surface area contributed by atoms with Crippen LogP contribution in [0.2, 0.25) is 0 Å². The van der Waals surface area contributed by atoms with Crippen LogP contribution in [-0.4, -0.2) is 162 Å². The minimum absolute atomic E-state index is 0.0286. The number of rotatable bonds is 8. The van der Waals surface area contributed by atoms with Gasteiger partial charge in [-0.3, -0.25) is 23.4 Å². The standard InChI is InChI=1S/C26H41N3O9S.C25H39N3O7/c1-6-36-23(32)26-15-17(26)12-10-8-7-9-11-13-19(27-24(33)37-25(2,3)4)22(31)29-16-18(38-39(5,34)35)14-20(29)21(30)28-26;1-5-34-22(32)25-14-16(25)11-9-7-6-8-10-12-18(26-23(33)35-24(2,3)4)21(31)28-15-17(29)13-19(28)20(30)27-25/h10,12,17-20H,6-9,11,13-16H2,1-5H3,(H,27,33)(H,28,30);9,11,16-19,29H,5-8,10,12-15H2,1-4H3,(H,26,33)(H,27,30)/b12-10-;11-9-/t17-,18+,19-,20+,26-;16-,17+,18-,19+,25-/m11/s1. The van der Waals surface area contributed by atoms with Crippen molar-refractivity contribution in [2.45, 2.75) is 204 Å². The third kappa shape index (κ3) is 16.6. The molecule has 0 radical (unpaired) electrons. The monoisotopic (exact) mass is 1060 g/mol. The zero-order valence-corrected chi connectivity index (χ0v) is 45.3. The van der Waals surface area contributed by atoms with Gasteiger partial charge < -0.3 is 55.1 Å². The van der Waals surface area contributed by atoms with Gasteiger partial charge >= 0.3 is 24.1 Å². The maximum absolute atomic E-state index is 13.8. The first kappa shape index (κ1) is 59.6. The fourth-order valence-electron chi connectivity index (χ4n) is 9.85. The SMILES string of the molecule is CCOC(=O)[C@@]12C[C@H]1/C=C\CCCCC[C@@H](NC(=O)OC(C)(C)C)C(=O)N1C[C@@H](O)C[C@H]1C(=O)N2.CCOC(=O)[C@@]12C[C@H]1/C=C\CCCCC[C@@H](NC(=O)OC(C)(C)C)C(=O)N1C[C@@H](OS(C)(=O)=O)C[C@H]1C(=O)N2. The third-order valence-corrected chi connectivity index (χ3v) is 14.1. The Labute approximate surface area is 435 Å². The van der Waals surface area contributed by atoms with Crippen molar-refractivity contribution in [1.29, 1.82) is 0 Å². The average Bonchev–Trinajstić information content (AvgIpc) is 4.05.